The van der Waals surface area contributed by atoms with E-state index in [0.29, 0.717) is 11.2 Å². The van der Waals surface area contributed by atoms with Crippen molar-refractivity contribution in [2.45, 2.75) is 36.5 Å². The summed E-state index contributed by atoms with van der Waals surface area (Å²) in [5.74, 6) is 0.273. The van der Waals surface area contributed by atoms with Crippen LogP contribution in [0.1, 0.15) is 18.7 Å². The lowest BCUT2D eigenvalue weighted by Crippen LogP contribution is -2.31. The van der Waals surface area contributed by atoms with E-state index in [-0.39, 0.29) is 5.82 Å². The van der Waals surface area contributed by atoms with Crippen LogP contribution >= 0.6 is 0 Å². The highest BCUT2D eigenvalue weighted by Crippen LogP contribution is 2.64. The molecule has 2 aromatic heterocycles. The molecule has 1 aliphatic carbocycles. The normalized spacial score (nSPS) is 42.9. The molecule has 0 spiro atoms. The molecule has 4 rings (SSSR count). The summed E-state index contributed by atoms with van der Waals surface area (Å²) in [7, 11) is 0. The fraction of sp³-hybridized carbons (Fsp3) is 0.500. The van der Waals surface area contributed by atoms with E-state index in [1.54, 1.807) is 12.1 Å². The number of nitrogen functional groups attached to an aromatic ring is 1. The Morgan fingerprint density at radius 3 is 2.90 bits per heavy atom. The maximum atomic E-state index is 14.5. The van der Waals surface area contributed by atoms with E-state index >= 15 is 0 Å². The Morgan fingerprint density at radius 1 is 1.50 bits per heavy atom. The molecular formula is C12H13FN4O3. The lowest BCUT2D eigenvalue weighted by atomic mass is 10.1. The van der Waals surface area contributed by atoms with Gasteiger partial charge in [-0.3, -0.25) is 0 Å². The number of aliphatic hydroxyl groups is 2. The summed E-state index contributed by atoms with van der Waals surface area (Å²) in [6.45, 7) is 1.49. The van der Waals surface area contributed by atoms with Crippen molar-refractivity contribution in [3.63, 3.8) is 0 Å². The van der Waals surface area contributed by atoms with Crippen LogP contribution in [0, 0.1) is 0 Å². The Bertz CT molecular complexity index is 722. The number of hydrogen-bond donors (Lipinski definition) is 3. The highest BCUT2D eigenvalue weighted by molar-refractivity contribution is 5.65. The van der Waals surface area contributed by atoms with Crippen molar-refractivity contribution in [2.24, 2.45) is 0 Å². The molecule has 2 aliphatic rings. The van der Waals surface area contributed by atoms with Gasteiger partial charge in [-0.2, -0.15) is 5.10 Å². The smallest absolute Gasteiger partial charge is 0.166 e. The molecule has 0 unspecified atom stereocenters. The van der Waals surface area contributed by atoms with E-state index < -0.39 is 29.6 Å². The molecule has 2 aromatic rings. The van der Waals surface area contributed by atoms with Gasteiger partial charge in [-0.05, 0) is 19.1 Å². The molecule has 3 heterocycles. The zero-order valence-electron chi connectivity index (χ0n) is 10.6. The summed E-state index contributed by atoms with van der Waals surface area (Å²) in [4.78, 5) is 3.85. The molecule has 1 saturated heterocycles. The van der Waals surface area contributed by atoms with Crippen LogP contribution in [0.25, 0.3) is 5.52 Å². The van der Waals surface area contributed by atoms with Gasteiger partial charge in [0.1, 0.15) is 29.7 Å². The van der Waals surface area contributed by atoms with E-state index in [4.69, 9.17) is 10.5 Å². The molecule has 7 nitrogen and oxygen atoms in total. The van der Waals surface area contributed by atoms with Gasteiger partial charge in [-0.15, -0.1) is 0 Å². The van der Waals surface area contributed by atoms with Crippen molar-refractivity contribution in [2.75, 3.05) is 5.73 Å². The second-order valence-corrected chi connectivity index (χ2v) is 5.48. The third kappa shape index (κ3) is 1.07. The largest absolute Gasteiger partial charge is 0.387 e. The predicted octanol–water partition coefficient (Wildman–Crippen LogP) is -0.415. The molecule has 106 valence electrons. The molecule has 2 fully saturated rings. The number of alkyl halides is 1. The zero-order valence-corrected chi connectivity index (χ0v) is 10.6. The summed E-state index contributed by atoms with van der Waals surface area (Å²) in [5, 5.41) is 23.8. The molecule has 1 saturated carbocycles. The Balaban J connectivity index is 1.81. The highest BCUT2D eigenvalue weighted by atomic mass is 19.1. The van der Waals surface area contributed by atoms with E-state index in [1.807, 2.05) is 0 Å². The number of rotatable bonds is 1. The first kappa shape index (κ1) is 12.0. The summed E-state index contributed by atoms with van der Waals surface area (Å²) in [5.41, 5.74) is 3.54. The summed E-state index contributed by atoms with van der Waals surface area (Å²) in [6, 6.07) is 3.29. The van der Waals surface area contributed by atoms with Crippen molar-refractivity contribution in [3.05, 3.63) is 24.2 Å². The fourth-order valence-electron chi connectivity index (χ4n) is 3.11. The number of anilines is 1. The standard InChI is InChI=1S/C12H13FN4O3/c1-11-10(18)12(11,19)8(13)7(20-11)5-2-3-6-9(14)15-4-16-17(5)6/h2-4,7-8,10,18-19H,1H3,(H2,14,15,16)/t7-,8-,10+,11+,12+/m0/s1. The van der Waals surface area contributed by atoms with Gasteiger partial charge in [0.05, 0.1) is 5.69 Å². The van der Waals surface area contributed by atoms with Gasteiger partial charge in [-0.1, -0.05) is 0 Å². The van der Waals surface area contributed by atoms with Gasteiger partial charge in [0.15, 0.2) is 17.6 Å². The van der Waals surface area contributed by atoms with Gasteiger partial charge in [0, 0.05) is 0 Å². The van der Waals surface area contributed by atoms with Crippen LogP contribution in [0.5, 0.6) is 0 Å². The topological polar surface area (TPSA) is 106 Å². The van der Waals surface area contributed by atoms with Gasteiger partial charge in [0.25, 0.3) is 0 Å². The van der Waals surface area contributed by atoms with Crippen molar-refractivity contribution >= 4 is 11.3 Å². The lowest BCUT2D eigenvalue weighted by molar-refractivity contribution is -0.0534. The van der Waals surface area contributed by atoms with Crippen LogP contribution in [-0.2, 0) is 4.74 Å². The predicted molar refractivity (Wildman–Crippen MR) is 65.5 cm³/mol. The van der Waals surface area contributed by atoms with Crippen LogP contribution in [0.3, 0.4) is 0 Å². The van der Waals surface area contributed by atoms with Crippen LogP contribution in [0.4, 0.5) is 10.2 Å². The molecular weight excluding hydrogens is 267 g/mol. The van der Waals surface area contributed by atoms with Crippen LogP contribution in [0.2, 0.25) is 0 Å². The first-order chi connectivity index (χ1) is 9.41. The van der Waals surface area contributed by atoms with E-state index in [0.717, 1.165) is 0 Å². The van der Waals surface area contributed by atoms with Crippen LogP contribution < -0.4 is 5.73 Å². The molecule has 1 aliphatic heterocycles. The van der Waals surface area contributed by atoms with Gasteiger partial charge >= 0.3 is 0 Å². The number of hydrogen-bond acceptors (Lipinski definition) is 6. The first-order valence-corrected chi connectivity index (χ1v) is 6.21. The molecule has 20 heavy (non-hydrogen) atoms. The number of nitrogens with two attached hydrogens (primary N) is 1. The Morgan fingerprint density at radius 2 is 2.25 bits per heavy atom. The van der Waals surface area contributed by atoms with Gasteiger partial charge in [0.2, 0.25) is 0 Å². The van der Waals surface area contributed by atoms with E-state index in [1.165, 1.54) is 17.8 Å². The average Bonchev–Trinajstić information content (AvgIpc) is 2.78. The molecule has 0 radical (unpaired) electrons. The SMILES string of the molecule is C[C@]12O[C@@H](c3ccc4c(N)ncnn34)[C@H](F)[C@@]1(O)[C@@H]2O. The third-order valence-corrected chi connectivity index (χ3v) is 4.51. The number of fused-ring (bicyclic) bond motifs is 2. The minimum absolute atomic E-state index is 0.273. The molecule has 0 aromatic carbocycles. The van der Waals surface area contributed by atoms with Gasteiger partial charge < -0.3 is 20.7 Å². The molecule has 4 N–H and O–H groups in total. The number of ether oxygens (including phenoxy) is 1. The Kier molecular flexibility index (Phi) is 1.97. The quantitative estimate of drug-likeness (QED) is 0.655. The fourth-order valence-corrected chi connectivity index (χ4v) is 3.11. The Labute approximate surface area is 112 Å². The summed E-state index contributed by atoms with van der Waals surface area (Å²) < 4.78 is 21.5. The van der Waals surface area contributed by atoms with Crippen molar-refractivity contribution in [1.29, 1.82) is 0 Å². The number of nitrogens with zero attached hydrogens (tertiary/aromatic N) is 3. The molecule has 0 bridgehead atoms. The average molecular weight is 280 g/mol. The number of aromatic nitrogens is 3. The molecule has 0 amide bonds. The number of aliphatic hydroxyl groups excluding tert-OH is 1. The van der Waals surface area contributed by atoms with Crippen LogP contribution in [-0.4, -0.2) is 48.3 Å². The Hall–Kier alpha value is -1.77. The summed E-state index contributed by atoms with van der Waals surface area (Å²) >= 11 is 0. The molecule has 5 atom stereocenters. The second kappa shape index (κ2) is 3.27. The van der Waals surface area contributed by atoms with Crippen molar-refractivity contribution in [3.8, 4) is 0 Å². The second-order valence-electron chi connectivity index (χ2n) is 5.48. The maximum Gasteiger partial charge on any atom is 0.166 e. The van der Waals surface area contributed by atoms with Crippen molar-refractivity contribution < 1.29 is 19.3 Å². The van der Waals surface area contributed by atoms with Crippen molar-refractivity contribution in [1.82, 2.24) is 14.6 Å². The van der Waals surface area contributed by atoms with E-state index in [9.17, 15) is 14.6 Å². The minimum atomic E-state index is -1.86. The zero-order chi connectivity index (χ0) is 14.3. The summed E-state index contributed by atoms with van der Waals surface area (Å²) in [6.07, 6.45) is -2.70. The highest BCUT2D eigenvalue weighted by Gasteiger charge is 2.85. The maximum absolute atomic E-state index is 14.5. The molecule has 8 heteroatoms. The first-order valence-electron chi connectivity index (χ1n) is 6.21. The van der Waals surface area contributed by atoms with Crippen LogP contribution in [0.15, 0.2) is 18.5 Å². The number of halogens is 1. The third-order valence-electron chi connectivity index (χ3n) is 4.51. The lowest BCUT2D eigenvalue weighted by Gasteiger charge is -2.19. The van der Waals surface area contributed by atoms with Gasteiger partial charge in [-0.25, -0.2) is 13.9 Å². The van der Waals surface area contributed by atoms with E-state index in [2.05, 4.69) is 10.1 Å². The minimum Gasteiger partial charge on any atom is -0.387 e. The monoisotopic (exact) mass is 280 g/mol.